The number of esters is 1. The largest absolute Gasteiger partial charge is 0.506 e. The zero-order valence-electron chi connectivity index (χ0n) is 14.4. The number of hydrogen-bond acceptors (Lipinski definition) is 5. The molecule has 0 amide bonds. The zero-order chi connectivity index (χ0) is 20.1. The van der Waals surface area contributed by atoms with Gasteiger partial charge in [-0.1, -0.05) is 0 Å². The summed E-state index contributed by atoms with van der Waals surface area (Å²) >= 11 is 0. The first-order valence-corrected chi connectivity index (χ1v) is 7.65. The molecule has 0 bridgehead atoms. The minimum absolute atomic E-state index is 0.0991. The number of aliphatic hydroxyl groups excluding tert-OH is 2. The summed E-state index contributed by atoms with van der Waals surface area (Å²) in [5.74, 6) is -10.1. The van der Waals surface area contributed by atoms with Crippen molar-refractivity contribution in [2.45, 2.75) is 32.7 Å². The lowest BCUT2D eigenvalue weighted by Crippen LogP contribution is -2.20. The van der Waals surface area contributed by atoms with Crippen LogP contribution in [0.1, 0.15) is 32.8 Å². The number of rotatable bonds is 7. The van der Waals surface area contributed by atoms with Crippen LogP contribution in [0.2, 0.25) is 0 Å². The van der Waals surface area contributed by atoms with E-state index < -0.39 is 51.7 Å². The van der Waals surface area contributed by atoms with Gasteiger partial charge in [-0.25, -0.2) is 22.4 Å². The Morgan fingerprint density at radius 2 is 1.85 bits per heavy atom. The van der Waals surface area contributed by atoms with Crippen molar-refractivity contribution in [1.82, 2.24) is 0 Å². The normalized spacial score (nSPS) is 13.1. The third-order valence-electron chi connectivity index (χ3n) is 3.37. The summed E-state index contributed by atoms with van der Waals surface area (Å²) in [6, 6.07) is 0.217. The number of carbonyl (C=O) groups is 1. The molecule has 5 nitrogen and oxygen atoms in total. The summed E-state index contributed by atoms with van der Waals surface area (Å²) in [7, 11) is 0. The van der Waals surface area contributed by atoms with E-state index in [9.17, 15) is 27.5 Å². The molecule has 9 heteroatoms. The van der Waals surface area contributed by atoms with E-state index in [1.165, 1.54) is 6.92 Å². The van der Waals surface area contributed by atoms with Crippen LogP contribution < -0.4 is 0 Å². The van der Waals surface area contributed by atoms with E-state index in [2.05, 4.69) is 4.99 Å². The number of nitrogens with zero attached hydrogens (tertiary/aromatic N) is 1. The Balaban J connectivity index is 3.54. The molecule has 144 valence electrons. The molecule has 0 heterocycles. The predicted octanol–water partition coefficient (Wildman–Crippen LogP) is 3.31. The second-order valence-electron chi connectivity index (χ2n) is 5.87. The average Bonchev–Trinajstić information content (AvgIpc) is 2.56. The first kappa shape index (κ1) is 21.6. The van der Waals surface area contributed by atoms with E-state index in [0.29, 0.717) is 0 Å². The molecule has 2 N–H and O–H groups in total. The van der Waals surface area contributed by atoms with E-state index in [1.807, 2.05) is 0 Å². The summed E-state index contributed by atoms with van der Waals surface area (Å²) < 4.78 is 58.5. The molecule has 0 radical (unpaired) electrons. The van der Waals surface area contributed by atoms with Gasteiger partial charge in [0.1, 0.15) is 11.3 Å². The fraction of sp³-hybridized carbons (Fsp3) is 0.412. The first-order chi connectivity index (χ1) is 12.1. The summed E-state index contributed by atoms with van der Waals surface area (Å²) in [5.41, 5.74) is -2.59. The van der Waals surface area contributed by atoms with Crippen molar-refractivity contribution in [1.29, 1.82) is 0 Å². The Labute approximate surface area is 147 Å². The summed E-state index contributed by atoms with van der Waals surface area (Å²) in [6.07, 6.45) is 1.05. The van der Waals surface area contributed by atoms with Crippen LogP contribution in [-0.2, 0) is 9.53 Å². The molecule has 0 aliphatic heterocycles. The molecule has 0 aliphatic carbocycles. The smallest absolute Gasteiger partial charge is 0.343 e. The highest BCUT2D eigenvalue weighted by Crippen LogP contribution is 2.26. The Morgan fingerprint density at radius 3 is 2.38 bits per heavy atom. The molecule has 1 aromatic rings. The van der Waals surface area contributed by atoms with E-state index in [4.69, 9.17) is 9.84 Å². The first-order valence-electron chi connectivity index (χ1n) is 7.65. The standard InChI is InChI=1S/C17H19F4NO4/c1-4-26-16(25)10(8-22-17(2,3)5-6-23)15(24)9-7-11(18)13(20)14(21)12(9)19/h7-8,23-24H,4-6H2,1-3H3. The van der Waals surface area contributed by atoms with Gasteiger partial charge < -0.3 is 14.9 Å². The van der Waals surface area contributed by atoms with E-state index in [1.54, 1.807) is 13.8 Å². The molecule has 0 aliphatic rings. The lowest BCUT2D eigenvalue weighted by molar-refractivity contribution is -0.137. The topological polar surface area (TPSA) is 79.1 Å². The number of carbonyl (C=O) groups excluding carboxylic acids is 1. The van der Waals surface area contributed by atoms with Crippen LogP contribution in [0.25, 0.3) is 5.76 Å². The Kier molecular flexibility index (Phi) is 7.31. The van der Waals surface area contributed by atoms with E-state index >= 15 is 0 Å². The molecule has 0 saturated heterocycles. The van der Waals surface area contributed by atoms with Gasteiger partial charge in [-0.15, -0.1) is 0 Å². The monoisotopic (exact) mass is 377 g/mol. The van der Waals surface area contributed by atoms with E-state index in [-0.39, 0.29) is 25.7 Å². The summed E-state index contributed by atoms with van der Waals surface area (Å²) in [6.45, 7) is 4.38. The molecule has 1 aromatic carbocycles. The summed E-state index contributed by atoms with van der Waals surface area (Å²) in [5, 5.41) is 19.1. The average molecular weight is 377 g/mol. The van der Waals surface area contributed by atoms with Crippen LogP contribution in [0.5, 0.6) is 0 Å². The summed E-state index contributed by atoms with van der Waals surface area (Å²) in [4.78, 5) is 16.0. The molecule has 26 heavy (non-hydrogen) atoms. The van der Waals surface area contributed by atoms with Gasteiger partial charge in [0, 0.05) is 12.8 Å². The van der Waals surface area contributed by atoms with E-state index in [0.717, 1.165) is 6.21 Å². The highest BCUT2D eigenvalue weighted by Gasteiger charge is 2.25. The molecule has 0 unspecified atom stereocenters. The molecule has 0 spiro atoms. The van der Waals surface area contributed by atoms with Crippen molar-refractivity contribution in [2.24, 2.45) is 4.99 Å². The lowest BCUT2D eigenvalue weighted by Gasteiger charge is -2.18. The molecule has 0 atom stereocenters. The third kappa shape index (κ3) is 5.04. The lowest BCUT2D eigenvalue weighted by atomic mass is 10.0. The Bertz CT molecular complexity index is 745. The number of hydrogen-bond donors (Lipinski definition) is 2. The van der Waals surface area contributed by atoms with Gasteiger partial charge in [-0.05, 0) is 33.3 Å². The number of aliphatic imine (C=N–C) groups is 1. The van der Waals surface area contributed by atoms with Crippen LogP contribution in [0, 0.1) is 23.3 Å². The van der Waals surface area contributed by atoms with Gasteiger partial charge >= 0.3 is 5.97 Å². The van der Waals surface area contributed by atoms with Crippen LogP contribution in [0.4, 0.5) is 17.6 Å². The van der Waals surface area contributed by atoms with Crippen LogP contribution in [0.3, 0.4) is 0 Å². The van der Waals surface area contributed by atoms with Gasteiger partial charge in [-0.2, -0.15) is 0 Å². The molecular formula is C17H19F4NO4. The fourth-order valence-electron chi connectivity index (χ4n) is 1.89. The van der Waals surface area contributed by atoms with Gasteiger partial charge in [0.15, 0.2) is 23.3 Å². The highest BCUT2D eigenvalue weighted by molar-refractivity contribution is 6.15. The quantitative estimate of drug-likeness (QED) is 0.145. The number of benzene rings is 1. The Hall–Kier alpha value is -2.42. The van der Waals surface area contributed by atoms with Crippen molar-refractivity contribution in [3.8, 4) is 0 Å². The fourth-order valence-corrected chi connectivity index (χ4v) is 1.89. The van der Waals surface area contributed by atoms with Crippen LogP contribution >= 0.6 is 0 Å². The molecule has 0 fully saturated rings. The highest BCUT2D eigenvalue weighted by atomic mass is 19.2. The third-order valence-corrected chi connectivity index (χ3v) is 3.37. The predicted molar refractivity (Wildman–Crippen MR) is 86.7 cm³/mol. The van der Waals surface area contributed by atoms with Crippen molar-refractivity contribution >= 4 is 17.9 Å². The second kappa shape index (κ2) is 8.79. The zero-order valence-corrected chi connectivity index (χ0v) is 14.4. The Morgan fingerprint density at radius 1 is 1.23 bits per heavy atom. The van der Waals surface area contributed by atoms with Crippen molar-refractivity contribution in [3.05, 3.63) is 40.5 Å². The maximum Gasteiger partial charge on any atom is 0.343 e. The maximum atomic E-state index is 13.9. The van der Waals surface area contributed by atoms with Gasteiger partial charge in [0.25, 0.3) is 0 Å². The van der Waals surface area contributed by atoms with Gasteiger partial charge in [0.05, 0.1) is 17.7 Å². The minimum Gasteiger partial charge on any atom is -0.506 e. The van der Waals surface area contributed by atoms with Crippen LogP contribution in [0.15, 0.2) is 16.6 Å². The van der Waals surface area contributed by atoms with Crippen molar-refractivity contribution < 1.29 is 37.3 Å². The molecule has 0 saturated carbocycles. The van der Waals surface area contributed by atoms with Gasteiger partial charge in [0.2, 0.25) is 0 Å². The van der Waals surface area contributed by atoms with Crippen molar-refractivity contribution in [3.63, 3.8) is 0 Å². The maximum absolute atomic E-state index is 13.9. The van der Waals surface area contributed by atoms with Crippen molar-refractivity contribution in [2.75, 3.05) is 13.2 Å². The second-order valence-corrected chi connectivity index (χ2v) is 5.87. The number of aliphatic hydroxyl groups is 2. The van der Waals surface area contributed by atoms with Crippen LogP contribution in [-0.4, -0.2) is 41.1 Å². The molecule has 1 rings (SSSR count). The SMILES string of the molecule is CCOC(=O)C(C=NC(C)(C)CCO)=C(O)c1cc(F)c(F)c(F)c1F. The minimum atomic E-state index is -2.13. The van der Waals surface area contributed by atoms with Gasteiger partial charge in [-0.3, -0.25) is 4.99 Å². The molecule has 0 aromatic heterocycles. The molecular weight excluding hydrogens is 358 g/mol. The number of ether oxygens (including phenoxy) is 1. The number of halogens is 4.